The van der Waals surface area contributed by atoms with Gasteiger partial charge in [-0.3, -0.25) is 10.1 Å². The van der Waals surface area contributed by atoms with Gasteiger partial charge in [0.1, 0.15) is 11.5 Å². The SMILES string of the molecule is COc1ccc(C(=O)Nc2nc(-c3cc(C)c(C)c(OC)c3)cs2)c(C)c1. The lowest BCUT2D eigenvalue weighted by Crippen LogP contribution is -2.13. The summed E-state index contributed by atoms with van der Waals surface area (Å²) in [6, 6.07) is 9.41. The number of aryl methyl sites for hydroxylation is 2. The highest BCUT2D eigenvalue weighted by Gasteiger charge is 2.14. The zero-order valence-corrected chi connectivity index (χ0v) is 16.9. The van der Waals surface area contributed by atoms with Gasteiger partial charge in [0.15, 0.2) is 5.13 Å². The molecule has 1 heterocycles. The van der Waals surface area contributed by atoms with Gasteiger partial charge in [0.05, 0.1) is 19.9 Å². The Kier molecular flexibility index (Phi) is 5.46. The zero-order chi connectivity index (χ0) is 19.6. The minimum absolute atomic E-state index is 0.186. The second-order valence-corrected chi connectivity index (χ2v) is 7.15. The molecule has 1 N–H and O–H groups in total. The fourth-order valence-electron chi connectivity index (χ4n) is 2.83. The predicted molar refractivity (Wildman–Crippen MR) is 109 cm³/mol. The van der Waals surface area contributed by atoms with E-state index in [9.17, 15) is 4.79 Å². The van der Waals surface area contributed by atoms with Crippen molar-refractivity contribution < 1.29 is 14.3 Å². The lowest BCUT2D eigenvalue weighted by Gasteiger charge is -2.10. The van der Waals surface area contributed by atoms with Crippen LogP contribution in [0.5, 0.6) is 11.5 Å². The summed E-state index contributed by atoms with van der Waals surface area (Å²) in [6.45, 7) is 5.96. The molecule has 0 spiro atoms. The summed E-state index contributed by atoms with van der Waals surface area (Å²) in [5.74, 6) is 1.37. The fraction of sp³-hybridized carbons (Fsp3) is 0.238. The number of hydrogen-bond donors (Lipinski definition) is 1. The average molecular weight is 382 g/mol. The number of aromatic nitrogens is 1. The number of nitrogens with zero attached hydrogens (tertiary/aromatic N) is 1. The number of amides is 1. The van der Waals surface area contributed by atoms with Gasteiger partial charge in [-0.1, -0.05) is 0 Å². The molecule has 3 aromatic rings. The summed E-state index contributed by atoms with van der Waals surface area (Å²) in [5, 5.41) is 5.37. The normalized spacial score (nSPS) is 10.6. The van der Waals surface area contributed by atoms with Crippen molar-refractivity contribution in [2.75, 3.05) is 19.5 Å². The Morgan fingerprint density at radius 3 is 2.48 bits per heavy atom. The number of ether oxygens (including phenoxy) is 2. The smallest absolute Gasteiger partial charge is 0.257 e. The van der Waals surface area contributed by atoms with E-state index >= 15 is 0 Å². The number of nitrogens with one attached hydrogen (secondary N) is 1. The molecule has 5 nitrogen and oxygen atoms in total. The summed E-state index contributed by atoms with van der Waals surface area (Å²) in [5.41, 5.74) is 5.47. The van der Waals surface area contributed by atoms with E-state index in [1.165, 1.54) is 11.3 Å². The quantitative estimate of drug-likeness (QED) is 0.674. The molecule has 0 aliphatic rings. The van der Waals surface area contributed by atoms with Crippen molar-refractivity contribution in [2.45, 2.75) is 20.8 Å². The number of hydrogen-bond acceptors (Lipinski definition) is 5. The van der Waals surface area contributed by atoms with Crippen LogP contribution in [0.1, 0.15) is 27.0 Å². The number of anilines is 1. The maximum Gasteiger partial charge on any atom is 0.257 e. The average Bonchev–Trinajstić information content (AvgIpc) is 3.12. The predicted octanol–water partition coefficient (Wildman–Crippen LogP) is 5.00. The molecule has 0 bridgehead atoms. The van der Waals surface area contributed by atoms with Gasteiger partial charge in [-0.25, -0.2) is 4.98 Å². The van der Waals surface area contributed by atoms with E-state index in [0.717, 1.165) is 39.4 Å². The van der Waals surface area contributed by atoms with Crippen molar-refractivity contribution in [1.82, 2.24) is 4.98 Å². The van der Waals surface area contributed by atoms with Gasteiger partial charge in [-0.2, -0.15) is 0 Å². The van der Waals surface area contributed by atoms with Gasteiger partial charge in [-0.05, 0) is 67.8 Å². The lowest BCUT2D eigenvalue weighted by molar-refractivity contribution is 0.102. The van der Waals surface area contributed by atoms with E-state index in [4.69, 9.17) is 9.47 Å². The maximum absolute atomic E-state index is 12.6. The molecule has 1 aromatic heterocycles. The van der Waals surface area contributed by atoms with Gasteiger partial charge >= 0.3 is 0 Å². The Balaban J connectivity index is 1.82. The molecule has 3 rings (SSSR count). The minimum Gasteiger partial charge on any atom is -0.497 e. The number of thiazole rings is 1. The number of benzene rings is 2. The van der Waals surface area contributed by atoms with Crippen molar-refractivity contribution >= 4 is 22.4 Å². The van der Waals surface area contributed by atoms with Crippen LogP contribution >= 0.6 is 11.3 Å². The first-order valence-corrected chi connectivity index (χ1v) is 9.38. The summed E-state index contributed by atoms with van der Waals surface area (Å²) >= 11 is 1.40. The number of rotatable bonds is 5. The van der Waals surface area contributed by atoms with Crippen LogP contribution in [-0.2, 0) is 0 Å². The second-order valence-electron chi connectivity index (χ2n) is 6.29. The summed E-state index contributed by atoms with van der Waals surface area (Å²) in [6.07, 6.45) is 0. The molecule has 0 unspecified atom stereocenters. The highest BCUT2D eigenvalue weighted by Crippen LogP contribution is 2.31. The van der Waals surface area contributed by atoms with Crippen molar-refractivity contribution in [1.29, 1.82) is 0 Å². The fourth-order valence-corrected chi connectivity index (χ4v) is 3.55. The van der Waals surface area contributed by atoms with Crippen molar-refractivity contribution in [2.24, 2.45) is 0 Å². The largest absolute Gasteiger partial charge is 0.497 e. The van der Waals surface area contributed by atoms with Crippen molar-refractivity contribution in [3.8, 4) is 22.8 Å². The molecule has 1 amide bonds. The van der Waals surface area contributed by atoms with Crippen molar-refractivity contribution in [3.05, 3.63) is 58.0 Å². The third-order valence-electron chi connectivity index (χ3n) is 4.54. The standard InChI is InChI=1S/C21H22N2O3S/c1-12-8-15(10-19(26-5)14(12)3)18-11-27-21(22-18)23-20(24)17-7-6-16(25-4)9-13(17)2/h6-11H,1-5H3,(H,22,23,24). The first kappa shape index (κ1) is 18.9. The molecule has 140 valence electrons. The third-order valence-corrected chi connectivity index (χ3v) is 5.30. The molecule has 0 saturated heterocycles. The monoisotopic (exact) mass is 382 g/mol. The van der Waals surface area contributed by atoms with Gasteiger partial charge in [0, 0.05) is 16.5 Å². The van der Waals surface area contributed by atoms with E-state index in [0.29, 0.717) is 10.7 Å². The number of carbonyl (C=O) groups is 1. The second kappa shape index (κ2) is 7.80. The van der Waals surface area contributed by atoms with Gasteiger partial charge in [0.25, 0.3) is 5.91 Å². The van der Waals surface area contributed by atoms with E-state index in [1.807, 2.05) is 38.3 Å². The maximum atomic E-state index is 12.6. The molecular weight excluding hydrogens is 360 g/mol. The van der Waals surface area contributed by atoms with E-state index < -0.39 is 0 Å². The summed E-state index contributed by atoms with van der Waals surface area (Å²) < 4.78 is 10.6. The van der Waals surface area contributed by atoms with Crippen LogP contribution in [-0.4, -0.2) is 25.1 Å². The third kappa shape index (κ3) is 3.95. The Morgan fingerprint density at radius 1 is 1.04 bits per heavy atom. The lowest BCUT2D eigenvalue weighted by atomic mass is 10.0. The zero-order valence-electron chi connectivity index (χ0n) is 16.0. The summed E-state index contributed by atoms with van der Waals surface area (Å²) in [7, 11) is 3.27. The van der Waals surface area contributed by atoms with Crippen LogP contribution in [0.4, 0.5) is 5.13 Å². The molecular formula is C21H22N2O3S. The topological polar surface area (TPSA) is 60.5 Å². The molecule has 6 heteroatoms. The summed E-state index contributed by atoms with van der Waals surface area (Å²) in [4.78, 5) is 17.1. The molecule has 27 heavy (non-hydrogen) atoms. The molecule has 0 fully saturated rings. The van der Waals surface area contributed by atoms with Gasteiger partial charge in [0.2, 0.25) is 0 Å². The minimum atomic E-state index is -0.186. The molecule has 0 saturated carbocycles. The molecule has 0 radical (unpaired) electrons. The first-order chi connectivity index (χ1) is 12.9. The number of methoxy groups -OCH3 is 2. The van der Waals surface area contributed by atoms with Crippen LogP contribution in [0.3, 0.4) is 0 Å². The molecule has 2 aromatic carbocycles. The number of carbonyl (C=O) groups excluding carboxylic acids is 1. The van der Waals surface area contributed by atoms with Crippen molar-refractivity contribution in [3.63, 3.8) is 0 Å². The first-order valence-electron chi connectivity index (χ1n) is 8.50. The van der Waals surface area contributed by atoms with Crippen LogP contribution in [0.2, 0.25) is 0 Å². The van der Waals surface area contributed by atoms with E-state index in [2.05, 4.69) is 16.4 Å². The van der Waals surface area contributed by atoms with Gasteiger partial charge < -0.3 is 9.47 Å². The Labute approximate surface area is 163 Å². The Hall–Kier alpha value is -2.86. The molecule has 0 atom stereocenters. The Bertz CT molecular complexity index is 995. The van der Waals surface area contributed by atoms with E-state index in [1.54, 1.807) is 26.4 Å². The van der Waals surface area contributed by atoms with Crippen LogP contribution in [0, 0.1) is 20.8 Å². The van der Waals surface area contributed by atoms with Crippen LogP contribution < -0.4 is 14.8 Å². The highest BCUT2D eigenvalue weighted by atomic mass is 32.1. The molecule has 0 aliphatic carbocycles. The van der Waals surface area contributed by atoms with E-state index in [-0.39, 0.29) is 5.91 Å². The highest BCUT2D eigenvalue weighted by molar-refractivity contribution is 7.14. The molecule has 0 aliphatic heterocycles. The van der Waals surface area contributed by atoms with Crippen LogP contribution in [0.15, 0.2) is 35.7 Å². The van der Waals surface area contributed by atoms with Crippen LogP contribution in [0.25, 0.3) is 11.3 Å². The Morgan fingerprint density at radius 2 is 1.81 bits per heavy atom. The van der Waals surface area contributed by atoms with Gasteiger partial charge in [-0.15, -0.1) is 11.3 Å².